The maximum Gasteiger partial charge on any atom is 0.341 e. The summed E-state index contributed by atoms with van der Waals surface area (Å²) in [6.45, 7) is 3.15. The minimum Gasteiger partial charge on any atom is -0.333 e. The Hall–Kier alpha value is 0.0800. The third kappa shape index (κ3) is 3.32. The summed E-state index contributed by atoms with van der Waals surface area (Å²) in [5.74, 6) is 0. The van der Waals surface area contributed by atoms with Crippen molar-refractivity contribution >= 4 is 15.6 Å². The van der Waals surface area contributed by atoms with Crippen LogP contribution in [0.3, 0.4) is 0 Å². The van der Waals surface area contributed by atoms with E-state index < -0.39 is 21.0 Å². The van der Waals surface area contributed by atoms with Crippen LogP contribution < -0.4 is 0 Å². The lowest BCUT2D eigenvalue weighted by Crippen LogP contribution is -1.98. The molecule has 0 fully saturated rings. The van der Waals surface area contributed by atoms with Crippen LogP contribution >= 0.6 is 15.6 Å². The molecule has 0 rings (SSSR count). The molecule has 5 nitrogen and oxygen atoms in total. The highest BCUT2D eigenvalue weighted by Gasteiger charge is 2.31. The molecule has 0 aliphatic rings. The first kappa shape index (κ1) is 11.1. The van der Waals surface area contributed by atoms with Crippen LogP contribution in [0.15, 0.2) is 12.7 Å². The van der Waals surface area contributed by atoms with Gasteiger partial charge in [-0.1, -0.05) is 6.08 Å². The Balaban J connectivity index is 4.55. The molecule has 0 aromatic carbocycles. The van der Waals surface area contributed by atoms with Gasteiger partial charge in [0, 0.05) is 7.11 Å². The molecule has 2 unspecified atom stereocenters. The fourth-order valence-electron chi connectivity index (χ4n) is 0.492. The molecular formula is C4H10O5P2. The SMILES string of the molecule is C=CC([PH](=O)OC)P(=O)(O)O. The van der Waals surface area contributed by atoms with Gasteiger partial charge in [-0.05, 0) is 0 Å². The van der Waals surface area contributed by atoms with Crippen LogP contribution in [0.4, 0.5) is 0 Å². The second-order valence-electron chi connectivity index (χ2n) is 1.79. The zero-order valence-electron chi connectivity index (χ0n) is 5.93. The molecule has 0 saturated heterocycles. The summed E-state index contributed by atoms with van der Waals surface area (Å²) in [5, 5.41) is -1.36. The summed E-state index contributed by atoms with van der Waals surface area (Å²) >= 11 is 0. The second-order valence-corrected chi connectivity index (χ2v) is 5.68. The summed E-state index contributed by atoms with van der Waals surface area (Å²) in [4.78, 5) is 17.1. The standard InChI is InChI=1S/C4H10O5P2/c1-3-4(10(5)9-2)11(6,7)8/h3-4,10H,1H2,2H3,(H2,6,7,8). The van der Waals surface area contributed by atoms with Gasteiger partial charge in [-0.15, -0.1) is 6.58 Å². The quantitative estimate of drug-likeness (QED) is 0.517. The molecule has 0 radical (unpaired) electrons. The van der Waals surface area contributed by atoms with Gasteiger partial charge in [0.1, 0.15) is 0 Å². The van der Waals surface area contributed by atoms with E-state index in [1.807, 2.05) is 0 Å². The van der Waals surface area contributed by atoms with E-state index >= 15 is 0 Å². The Kier molecular flexibility index (Phi) is 4.22. The molecule has 0 aromatic rings. The molecule has 0 aromatic heterocycles. The average molecular weight is 200 g/mol. The van der Waals surface area contributed by atoms with E-state index in [0.717, 1.165) is 13.2 Å². The second kappa shape index (κ2) is 4.19. The molecule has 7 heteroatoms. The van der Waals surface area contributed by atoms with Crippen molar-refractivity contribution in [3.05, 3.63) is 12.7 Å². The summed E-state index contributed by atoms with van der Waals surface area (Å²) in [5.41, 5.74) is 0. The molecule has 2 N–H and O–H groups in total. The Morgan fingerprint density at radius 2 is 2.18 bits per heavy atom. The van der Waals surface area contributed by atoms with Gasteiger partial charge in [-0.25, -0.2) is 0 Å². The highest BCUT2D eigenvalue weighted by atomic mass is 31.2. The van der Waals surface area contributed by atoms with Gasteiger partial charge in [0.15, 0.2) is 5.40 Å². The largest absolute Gasteiger partial charge is 0.341 e. The zero-order valence-corrected chi connectivity index (χ0v) is 7.82. The molecule has 66 valence electrons. The maximum atomic E-state index is 10.8. The molecule has 0 heterocycles. The normalized spacial score (nSPS) is 17.4. The summed E-state index contributed by atoms with van der Waals surface area (Å²) < 4.78 is 25.6. The van der Waals surface area contributed by atoms with Crippen molar-refractivity contribution in [2.24, 2.45) is 0 Å². The minimum atomic E-state index is -4.36. The highest BCUT2D eigenvalue weighted by molar-refractivity contribution is 7.66. The van der Waals surface area contributed by atoms with Gasteiger partial charge in [0.05, 0.1) is 0 Å². The molecular weight excluding hydrogens is 190 g/mol. The highest BCUT2D eigenvalue weighted by Crippen LogP contribution is 2.53. The van der Waals surface area contributed by atoms with E-state index in [0.29, 0.717) is 0 Å². The summed E-state index contributed by atoms with van der Waals surface area (Å²) in [6.07, 6.45) is 0.950. The Morgan fingerprint density at radius 3 is 2.27 bits per heavy atom. The van der Waals surface area contributed by atoms with Crippen LogP contribution in [-0.2, 0) is 13.7 Å². The summed E-state index contributed by atoms with van der Waals surface area (Å²) in [7, 11) is -5.93. The fraction of sp³-hybridized carbons (Fsp3) is 0.500. The number of allylic oxidation sites excluding steroid dienone is 1. The fourth-order valence-corrected chi connectivity index (χ4v) is 2.61. The van der Waals surface area contributed by atoms with Gasteiger partial charge in [0.25, 0.3) is 0 Å². The number of rotatable bonds is 4. The van der Waals surface area contributed by atoms with Gasteiger partial charge in [0.2, 0.25) is 8.03 Å². The first-order chi connectivity index (χ1) is 4.93. The van der Waals surface area contributed by atoms with Crippen LogP contribution in [0.1, 0.15) is 0 Å². The van der Waals surface area contributed by atoms with Crippen LogP contribution in [0.25, 0.3) is 0 Å². The number of hydrogen-bond acceptors (Lipinski definition) is 3. The van der Waals surface area contributed by atoms with E-state index in [-0.39, 0.29) is 0 Å². The summed E-state index contributed by atoms with van der Waals surface area (Å²) in [6, 6.07) is 0. The van der Waals surface area contributed by atoms with E-state index in [9.17, 15) is 9.13 Å². The molecule has 0 spiro atoms. The molecule has 0 aliphatic heterocycles. The Bertz CT molecular complexity index is 207. The van der Waals surface area contributed by atoms with Crippen molar-refractivity contribution in [3.63, 3.8) is 0 Å². The number of hydrogen-bond donors (Lipinski definition) is 2. The van der Waals surface area contributed by atoms with Gasteiger partial charge in [-0.3, -0.25) is 9.13 Å². The molecule has 0 aliphatic carbocycles. The third-order valence-electron chi connectivity index (χ3n) is 1.03. The molecule has 0 saturated carbocycles. The van der Waals surface area contributed by atoms with Crippen molar-refractivity contribution in [2.75, 3.05) is 7.11 Å². The Labute approximate surface area is 65.1 Å². The van der Waals surface area contributed by atoms with E-state index in [1.54, 1.807) is 0 Å². The van der Waals surface area contributed by atoms with Crippen molar-refractivity contribution in [1.82, 2.24) is 0 Å². The predicted octanol–water partition coefficient (Wildman–Crippen LogP) is 0.797. The van der Waals surface area contributed by atoms with Crippen molar-refractivity contribution < 1.29 is 23.4 Å². The van der Waals surface area contributed by atoms with Crippen molar-refractivity contribution in [2.45, 2.75) is 5.40 Å². The lowest BCUT2D eigenvalue weighted by molar-refractivity contribution is 0.365. The van der Waals surface area contributed by atoms with Gasteiger partial charge >= 0.3 is 7.60 Å². The van der Waals surface area contributed by atoms with E-state index in [1.165, 1.54) is 0 Å². The zero-order chi connectivity index (χ0) is 9.07. The monoisotopic (exact) mass is 200 g/mol. The molecule has 11 heavy (non-hydrogen) atoms. The van der Waals surface area contributed by atoms with Crippen LogP contribution in [0.2, 0.25) is 0 Å². The van der Waals surface area contributed by atoms with Crippen molar-refractivity contribution in [3.8, 4) is 0 Å². The first-order valence-corrected chi connectivity index (χ1v) is 5.76. The minimum absolute atomic E-state index is 0.950. The maximum absolute atomic E-state index is 10.8. The van der Waals surface area contributed by atoms with Crippen molar-refractivity contribution in [1.29, 1.82) is 0 Å². The van der Waals surface area contributed by atoms with E-state index in [4.69, 9.17) is 9.79 Å². The topological polar surface area (TPSA) is 83.8 Å². The Morgan fingerprint density at radius 1 is 1.73 bits per heavy atom. The lowest BCUT2D eigenvalue weighted by atomic mass is 10.8. The molecule has 0 amide bonds. The molecule has 2 atom stereocenters. The third-order valence-corrected chi connectivity index (χ3v) is 4.73. The van der Waals surface area contributed by atoms with Gasteiger partial charge < -0.3 is 14.3 Å². The average Bonchev–Trinajstić information content (AvgIpc) is 1.86. The van der Waals surface area contributed by atoms with Crippen LogP contribution in [0.5, 0.6) is 0 Å². The van der Waals surface area contributed by atoms with Gasteiger partial charge in [-0.2, -0.15) is 0 Å². The lowest BCUT2D eigenvalue weighted by Gasteiger charge is -2.11. The van der Waals surface area contributed by atoms with Crippen LogP contribution in [0, 0.1) is 0 Å². The smallest absolute Gasteiger partial charge is 0.333 e. The molecule has 0 bridgehead atoms. The van der Waals surface area contributed by atoms with Crippen LogP contribution in [-0.4, -0.2) is 22.3 Å². The van der Waals surface area contributed by atoms with E-state index in [2.05, 4.69) is 11.1 Å². The first-order valence-electron chi connectivity index (χ1n) is 2.69. The predicted molar refractivity (Wildman–Crippen MR) is 42.0 cm³/mol.